The van der Waals surface area contributed by atoms with Crippen molar-refractivity contribution in [3.05, 3.63) is 11.4 Å². The predicted octanol–water partition coefficient (Wildman–Crippen LogP) is 0.290. The smallest absolute Gasteiger partial charge is 0.238 e. The summed E-state index contributed by atoms with van der Waals surface area (Å²) in [6, 6.07) is 0. The highest BCUT2D eigenvalue weighted by Gasteiger charge is 2.13. The molecule has 0 aliphatic rings. The first-order chi connectivity index (χ1) is 8.45. The van der Waals surface area contributed by atoms with Crippen LogP contribution in [0.1, 0.15) is 17.8 Å². The van der Waals surface area contributed by atoms with Crippen LogP contribution >= 0.6 is 0 Å². The van der Waals surface area contributed by atoms with Gasteiger partial charge in [0.1, 0.15) is 0 Å². The van der Waals surface area contributed by atoms with Crippen molar-refractivity contribution in [3.63, 3.8) is 0 Å². The zero-order valence-electron chi connectivity index (χ0n) is 11.5. The third-order valence-electron chi connectivity index (χ3n) is 2.88. The fourth-order valence-corrected chi connectivity index (χ4v) is 1.80. The van der Waals surface area contributed by atoms with E-state index in [1.807, 2.05) is 32.8 Å². The van der Waals surface area contributed by atoms with Gasteiger partial charge in [0.05, 0.1) is 23.6 Å². The maximum Gasteiger partial charge on any atom is 0.238 e. The van der Waals surface area contributed by atoms with Gasteiger partial charge in [0, 0.05) is 20.2 Å². The van der Waals surface area contributed by atoms with Gasteiger partial charge in [-0.3, -0.25) is 14.4 Å². The van der Waals surface area contributed by atoms with Gasteiger partial charge in [-0.1, -0.05) is 0 Å². The lowest BCUT2D eigenvalue weighted by molar-refractivity contribution is -0.117. The molecule has 0 atom stereocenters. The van der Waals surface area contributed by atoms with Crippen LogP contribution in [0.3, 0.4) is 0 Å². The van der Waals surface area contributed by atoms with Crippen molar-refractivity contribution in [2.75, 3.05) is 32.1 Å². The van der Waals surface area contributed by atoms with Gasteiger partial charge in [-0.05, 0) is 27.3 Å². The fourth-order valence-electron chi connectivity index (χ4n) is 1.80. The predicted molar refractivity (Wildman–Crippen MR) is 70.5 cm³/mol. The van der Waals surface area contributed by atoms with Crippen molar-refractivity contribution in [2.24, 2.45) is 7.05 Å². The van der Waals surface area contributed by atoms with E-state index in [-0.39, 0.29) is 12.5 Å². The Labute approximate surface area is 108 Å². The number of aryl methyl sites for hydroxylation is 2. The second kappa shape index (κ2) is 6.51. The Morgan fingerprint density at radius 2 is 2.17 bits per heavy atom. The second-order valence-electron chi connectivity index (χ2n) is 4.53. The molecule has 0 aliphatic carbocycles. The van der Waals surface area contributed by atoms with Gasteiger partial charge in [0.25, 0.3) is 0 Å². The first kappa shape index (κ1) is 14.7. The van der Waals surface area contributed by atoms with E-state index in [0.29, 0.717) is 19.5 Å². The van der Waals surface area contributed by atoms with Crippen LogP contribution < -0.4 is 5.32 Å². The lowest BCUT2D eigenvalue weighted by atomic mass is 10.3. The van der Waals surface area contributed by atoms with Crippen LogP contribution in [0.4, 0.5) is 5.69 Å². The Hall–Kier alpha value is -1.40. The number of hydrogen-bond acceptors (Lipinski definition) is 4. The number of amides is 1. The number of nitrogens with zero attached hydrogens (tertiary/aromatic N) is 3. The van der Waals surface area contributed by atoms with Crippen molar-refractivity contribution in [3.8, 4) is 0 Å². The summed E-state index contributed by atoms with van der Waals surface area (Å²) in [5, 5.41) is 15.8. The van der Waals surface area contributed by atoms with E-state index in [2.05, 4.69) is 10.4 Å². The number of rotatable bonds is 6. The molecule has 6 nitrogen and oxygen atoms in total. The number of carbonyl (C=O) groups excluding carboxylic acids is 1. The van der Waals surface area contributed by atoms with E-state index in [0.717, 1.165) is 17.1 Å². The Morgan fingerprint density at radius 1 is 1.50 bits per heavy atom. The maximum absolute atomic E-state index is 11.8. The molecule has 0 saturated heterocycles. The average Bonchev–Trinajstić information content (AvgIpc) is 2.53. The Kier molecular flexibility index (Phi) is 5.30. The van der Waals surface area contributed by atoms with E-state index in [1.165, 1.54) is 0 Å². The van der Waals surface area contributed by atoms with Crippen LogP contribution in [0.15, 0.2) is 0 Å². The number of anilines is 1. The molecule has 2 N–H and O–H groups in total. The molecule has 102 valence electrons. The minimum atomic E-state index is -0.0605. The molecule has 18 heavy (non-hydrogen) atoms. The molecule has 0 spiro atoms. The Bertz CT molecular complexity index is 414. The molecule has 1 rings (SSSR count). The number of carbonyl (C=O) groups is 1. The largest absolute Gasteiger partial charge is 0.396 e. The topological polar surface area (TPSA) is 70.4 Å². The van der Waals surface area contributed by atoms with E-state index >= 15 is 0 Å². The monoisotopic (exact) mass is 254 g/mol. The second-order valence-corrected chi connectivity index (χ2v) is 4.53. The van der Waals surface area contributed by atoms with Crippen LogP contribution in [0, 0.1) is 13.8 Å². The molecular weight excluding hydrogens is 232 g/mol. The average molecular weight is 254 g/mol. The summed E-state index contributed by atoms with van der Waals surface area (Å²) < 4.78 is 1.75. The number of nitrogens with one attached hydrogen (secondary N) is 1. The summed E-state index contributed by atoms with van der Waals surface area (Å²) in [6.07, 6.45) is 0.675. The maximum atomic E-state index is 11.8. The van der Waals surface area contributed by atoms with Crippen molar-refractivity contribution < 1.29 is 9.90 Å². The van der Waals surface area contributed by atoms with Gasteiger partial charge in [0.2, 0.25) is 5.91 Å². The van der Waals surface area contributed by atoms with Crippen LogP contribution in [0.5, 0.6) is 0 Å². The molecule has 1 heterocycles. The van der Waals surface area contributed by atoms with Gasteiger partial charge >= 0.3 is 0 Å². The standard InChI is InChI=1S/C12H22N4O2/c1-9-12(10(2)16(4)14-9)13-11(18)8-15(3)6-5-7-17/h17H,5-8H2,1-4H3,(H,13,18). The van der Waals surface area contributed by atoms with Crippen molar-refractivity contribution in [1.29, 1.82) is 0 Å². The molecule has 0 aromatic carbocycles. The first-order valence-electron chi connectivity index (χ1n) is 6.05. The SMILES string of the molecule is Cc1nn(C)c(C)c1NC(=O)CN(C)CCCO. The van der Waals surface area contributed by atoms with Gasteiger partial charge in [0.15, 0.2) is 0 Å². The van der Waals surface area contributed by atoms with Crippen LogP contribution in [-0.4, -0.2) is 52.4 Å². The number of aliphatic hydroxyl groups excluding tert-OH is 1. The zero-order valence-corrected chi connectivity index (χ0v) is 11.5. The van der Waals surface area contributed by atoms with E-state index in [9.17, 15) is 4.79 Å². The lowest BCUT2D eigenvalue weighted by Gasteiger charge is -2.15. The number of aromatic nitrogens is 2. The third-order valence-corrected chi connectivity index (χ3v) is 2.88. The molecule has 6 heteroatoms. The molecule has 1 amide bonds. The molecule has 1 aromatic heterocycles. The van der Waals surface area contributed by atoms with Gasteiger partial charge in [-0.25, -0.2) is 0 Å². The lowest BCUT2D eigenvalue weighted by Crippen LogP contribution is -2.31. The van der Waals surface area contributed by atoms with Crippen molar-refractivity contribution in [1.82, 2.24) is 14.7 Å². The Balaban J connectivity index is 2.54. The highest BCUT2D eigenvalue weighted by molar-refractivity contribution is 5.93. The number of hydrogen-bond donors (Lipinski definition) is 2. The zero-order chi connectivity index (χ0) is 13.7. The molecule has 0 bridgehead atoms. The highest BCUT2D eigenvalue weighted by atomic mass is 16.3. The van der Waals surface area contributed by atoms with Crippen molar-refractivity contribution >= 4 is 11.6 Å². The molecule has 0 saturated carbocycles. The summed E-state index contributed by atoms with van der Waals surface area (Å²) in [5.74, 6) is -0.0605. The molecule has 0 aliphatic heterocycles. The Morgan fingerprint density at radius 3 is 2.67 bits per heavy atom. The summed E-state index contributed by atoms with van der Waals surface area (Å²) in [5.41, 5.74) is 2.55. The van der Waals surface area contributed by atoms with Gasteiger partial charge in [-0.2, -0.15) is 5.10 Å². The fraction of sp³-hybridized carbons (Fsp3) is 0.667. The van der Waals surface area contributed by atoms with E-state index in [4.69, 9.17) is 5.11 Å². The molecule has 0 fully saturated rings. The number of aliphatic hydroxyl groups is 1. The minimum absolute atomic E-state index is 0.0605. The summed E-state index contributed by atoms with van der Waals surface area (Å²) in [6.45, 7) is 4.96. The highest BCUT2D eigenvalue weighted by Crippen LogP contribution is 2.17. The normalized spacial score (nSPS) is 11.0. The molecule has 1 aromatic rings. The molecule has 0 radical (unpaired) electrons. The number of likely N-dealkylation sites (N-methyl/N-ethyl adjacent to an activating group) is 1. The van der Waals surface area contributed by atoms with Crippen LogP contribution in [0.2, 0.25) is 0 Å². The van der Waals surface area contributed by atoms with E-state index < -0.39 is 0 Å². The van der Waals surface area contributed by atoms with Crippen LogP contribution in [0.25, 0.3) is 0 Å². The summed E-state index contributed by atoms with van der Waals surface area (Å²) in [4.78, 5) is 13.7. The third kappa shape index (κ3) is 3.82. The quantitative estimate of drug-likeness (QED) is 0.765. The summed E-state index contributed by atoms with van der Waals surface area (Å²) >= 11 is 0. The van der Waals surface area contributed by atoms with Gasteiger partial charge in [-0.15, -0.1) is 0 Å². The van der Waals surface area contributed by atoms with Crippen LogP contribution in [-0.2, 0) is 11.8 Å². The molecule has 0 unspecified atom stereocenters. The van der Waals surface area contributed by atoms with Gasteiger partial charge < -0.3 is 10.4 Å². The van der Waals surface area contributed by atoms with E-state index in [1.54, 1.807) is 4.68 Å². The first-order valence-corrected chi connectivity index (χ1v) is 6.05. The summed E-state index contributed by atoms with van der Waals surface area (Å²) in [7, 11) is 3.71. The minimum Gasteiger partial charge on any atom is -0.396 e. The molecular formula is C12H22N4O2. The van der Waals surface area contributed by atoms with Crippen molar-refractivity contribution in [2.45, 2.75) is 20.3 Å².